The predicted molar refractivity (Wildman–Crippen MR) is 86.5 cm³/mol. The second-order valence-corrected chi connectivity index (χ2v) is 6.57. The highest BCUT2D eigenvalue weighted by Crippen LogP contribution is 2.17. The highest BCUT2D eigenvalue weighted by Gasteiger charge is 2.31. The van der Waals surface area contributed by atoms with Crippen molar-refractivity contribution in [3.05, 3.63) is 0 Å². The lowest BCUT2D eigenvalue weighted by molar-refractivity contribution is -0.148. The number of hydrogen-bond donors (Lipinski definition) is 1. The van der Waals surface area contributed by atoms with E-state index in [2.05, 4.69) is 29.2 Å². The number of carbonyl (C=O) groups excluding carboxylic acids is 1. The van der Waals surface area contributed by atoms with Gasteiger partial charge in [-0.25, -0.2) is 0 Å². The molecule has 0 spiro atoms. The van der Waals surface area contributed by atoms with Crippen LogP contribution < -0.4 is 5.32 Å². The van der Waals surface area contributed by atoms with Crippen molar-refractivity contribution in [1.82, 2.24) is 15.1 Å². The van der Waals surface area contributed by atoms with E-state index in [1.54, 1.807) is 0 Å². The van der Waals surface area contributed by atoms with Gasteiger partial charge in [-0.1, -0.05) is 0 Å². The number of nitrogens with one attached hydrogen (secondary N) is 1. The molecule has 0 radical (unpaired) electrons. The first-order valence-corrected chi connectivity index (χ1v) is 8.09. The van der Waals surface area contributed by atoms with Crippen LogP contribution in [0.4, 0.5) is 0 Å². The Labute approximate surface area is 130 Å². The summed E-state index contributed by atoms with van der Waals surface area (Å²) >= 11 is 0. The zero-order valence-corrected chi connectivity index (χ0v) is 14.4. The molecule has 1 heterocycles. The molecule has 0 aromatic heterocycles. The lowest BCUT2D eigenvalue weighted by atomic mass is 9.95. The standard InChI is InChI=1S/C16H33N3O2/c1-16(17-2,15(20)21-5)10-6-7-11-18(3)13-14-9-8-12-19(14)4/h14,17H,6-13H2,1-5H3. The van der Waals surface area contributed by atoms with Crippen molar-refractivity contribution in [2.45, 2.75) is 50.6 Å². The van der Waals surface area contributed by atoms with Crippen LogP contribution in [0.1, 0.15) is 39.0 Å². The van der Waals surface area contributed by atoms with Crippen molar-refractivity contribution in [1.29, 1.82) is 0 Å². The van der Waals surface area contributed by atoms with Gasteiger partial charge in [0.1, 0.15) is 5.54 Å². The molecule has 1 N–H and O–H groups in total. The van der Waals surface area contributed by atoms with Gasteiger partial charge >= 0.3 is 5.97 Å². The Bertz CT molecular complexity index is 325. The molecule has 0 aromatic rings. The van der Waals surface area contributed by atoms with Crippen molar-refractivity contribution in [3.8, 4) is 0 Å². The molecular formula is C16H33N3O2. The molecule has 2 unspecified atom stereocenters. The maximum absolute atomic E-state index is 11.8. The first-order chi connectivity index (χ1) is 9.92. The molecule has 1 fully saturated rings. The van der Waals surface area contributed by atoms with Crippen LogP contribution in [0.3, 0.4) is 0 Å². The highest BCUT2D eigenvalue weighted by atomic mass is 16.5. The fourth-order valence-corrected chi connectivity index (χ4v) is 3.08. The smallest absolute Gasteiger partial charge is 0.325 e. The predicted octanol–water partition coefficient (Wildman–Crippen LogP) is 1.33. The Morgan fingerprint density at radius 2 is 2.19 bits per heavy atom. The summed E-state index contributed by atoms with van der Waals surface area (Å²) in [6.45, 7) is 5.39. The number of methoxy groups -OCH3 is 1. The number of carbonyl (C=O) groups is 1. The topological polar surface area (TPSA) is 44.8 Å². The van der Waals surface area contributed by atoms with E-state index in [4.69, 9.17) is 4.74 Å². The van der Waals surface area contributed by atoms with Gasteiger partial charge in [0.25, 0.3) is 0 Å². The van der Waals surface area contributed by atoms with Crippen molar-refractivity contribution in [2.75, 3.05) is 47.9 Å². The second-order valence-electron chi connectivity index (χ2n) is 6.57. The van der Waals surface area contributed by atoms with Gasteiger partial charge in [-0.05, 0) is 73.3 Å². The number of ether oxygens (including phenoxy) is 1. The average Bonchev–Trinajstić information content (AvgIpc) is 2.87. The second kappa shape index (κ2) is 8.71. The van der Waals surface area contributed by atoms with E-state index in [-0.39, 0.29) is 5.97 Å². The van der Waals surface area contributed by atoms with Gasteiger partial charge in [-0.15, -0.1) is 0 Å². The molecule has 1 aliphatic heterocycles. The van der Waals surface area contributed by atoms with E-state index in [0.29, 0.717) is 6.04 Å². The van der Waals surface area contributed by atoms with E-state index in [0.717, 1.165) is 32.4 Å². The largest absolute Gasteiger partial charge is 0.468 e. The minimum atomic E-state index is -0.557. The highest BCUT2D eigenvalue weighted by molar-refractivity contribution is 5.80. The van der Waals surface area contributed by atoms with Gasteiger partial charge in [-0.3, -0.25) is 4.79 Å². The van der Waals surface area contributed by atoms with E-state index in [9.17, 15) is 4.79 Å². The van der Waals surface area contributed by atoms with Crippen molar-refractivity contribution < 1.29 is 9.53 Å². The van der Waals surface area contributed by atoms with E-state index >= 15 is 0 Å². The molecule has 0 saturated carbocycles. The van der Waals surface area contributed by atoms with Crippen LogP contribution in [0, 0.1) is 0 Å². The number of hydrogen-bond acceptors (Lipinski definition) is 5. The lowest BCUT2D eigenvalue weighted by Gasteiger charge is -2.27. The third kappa shape index (κ3) is 5.57. The molecule has 0 aliphatic carbocycles. The third-order valence-electron chi connectivity index (χ3n) is 4.85. The minimum Gasteiger partial charge on any atom is -0.468 e. The van der Waals surface area contributed by atoms with Gasteiger partial charge in [0.05, 0.1) is 7.11 Å². The number of likely N-dealkylation sites (N-methyl/N-ethyl adjacent to an activating group) is 3. The number of nitrogens with zero attached hydrogens (tertiary/aromatic N) is 2. The molecule has 124 valence electrons. The zero-order valence-electron chi connectivity index (χ0n) is 14.4. The Morgan fingerprint density at radius 3 is 2.71 bits per heavy atom. The van der Waals surface area contributed by atoms with Gasteiger partial charge in [0, 0.05) is 12.6 Å². The summed E-state index contributed by atoms with van der Waals surface area (Å²) in [5.41, 5.74) is -0.557. The maximum atomic E-state index is 11.8. The summed E-state index contributed by atoms with van der Waals surface area (Å²) in [5.74, 6) is -0.175. The van der Waals surface area contributed by atoms with Gasteiger partial charge < -0.3 is 19.9 Å². The number of likely N-dealkylation sites (tertiary alicyclic amines) is 1. The first kappa shape index (κ1) is 18.4. The fraction of sp³-hybridized carbons (Fsp3) is 0.938. The van der Waals surface area contributed by atoms with Crippen LogP contribution in [-0.4, -0.2) is 75.2 Å². The quantitative estimate of drug-likeness (QED) is 0.514. The van der Waals surface area contributed by atoms with Crippen LogP contribution in [0.5, 0.6) is 0 Å². The Morgan fingerprint density at radius 1 is 1.48 bits per heavy atom. The Hall–Kier alpha value is -0.650. The zero-order chi connectivity index (χ0) is 15.9. The summed E-state index contributed by atoms with van der Waals surface area (Å²) < 4.78 is 4.87. The fourth-order valence-electron chi connectivity index (χ4n) is 3.08. The first-order valence-electron chi connectivity index (χ1n) is 8.09. The van der Waals surface area contributed by atoms with Crippen molar-refractivity contribution in [3.63, 3.8) is 0 Å². The molecule has 1 aliphatic rings. The molecule has 1 rings (SSSR count). The van der Waals surface area contributed by atoms with E-state index in [1.807, 2.05) is 14.0 Å². The SMILES string of the molecule is CNC(C)(CCCCN(C)CC1CCCN1C)C(=O)OC. The molecule has 0 amide bonds. The van der Waals surface area contributed by atoms with Crippen LogP contribution in [-0.2, 0) is 9.53 Å². The molecule has 2 atom stereocenters. The summed E-state index contributed by atoms with van der Waals surface area (Å²) in [6.07, 6.45) is 5.60. The summed E-state index contributed by atoms with van der Waals surface area (Å²) in [5, 5.41) is 3.09. The normalized spacial score (nSPS) is 22.5. The van der Waals surface area contributed by atoms with Crippen LogP contribution >= 0.6 is 0 Å². The van der Waals surface area contributed by atoms with Crippen molar-refractivity contribution in [2.24, 2.45) is 0 Å². The molecule has 1 saturated heterocycles. The molecule has 21 heavy (non-hydrogen) atoms. The lowest BCUT2D eigenvalue weighted by Crippen LogP contribution is -2.48. The summed E-state index contributed by atoms with van der Waals surface area (Å²) in [6, 6.07) is 0.715. The van der Waals surface area contributed by atoms with Gasteiger partial charge in [0.2, 0.25) is 0 Å². The van der Waals surface area contributed by atoms with Gasteiger partial charge in [-0.2, -0.15) is 0 Å². The van der Waals surface area contributed by atoms with Crippen LogP contribution in [0.15, 0.2) is 0 Å². The van der Waals surface area contributed by atoms with E-state index in [1.165, 1.54) is 26.5 Å². The average molecular weight is 299 g/mol. The number of esters is 1. The molecule has 5 nitrogen and oxygen atoms in total. The molecule has 0 aromatic carbocycles. The Balaban J connectivity index is 2.22. The van der Waals surface area contributed by atoms with Crippen molar-refractivity contribution >= 4 is 5.97 Å². The van der Waals surface area contributed by atoms with Crippen LogP contribution in [0.2, 0.25) is 0 Å². The molecule has 0 bridgehead atoms. The Kier molecular flexibility index (Phi) is 7.63. The van der Waals surface area contributed by atoms with Crippen LogP contribution in [0.25, 0.3) is 0 Å². The summed E-state index contributed by atoms with van der Waals surface area (Å²) in [7, 11) is 7.69. The van der Waals surface area contributed by atoms with Gasteiger partial charge in [0.15, 0.2) is 0 Å². The monoisotopic (exact) mass is 299 g/mol. The maximum Gasteiger partial charge on any atom is 0.325 e. The number of rotatable bonds is 9. The molecule has 5 heteroatoms. The van der Waals surface area contributed by atoms with E-state index < -0.39 is 5.54 Å². The third-order valence-corrected chi connectivity index (χ3v) is 4.85. The number of unbranched alkanes of at least 4 members (excludes halogenated alkanes) is 1. The summed E-state index contributed by atoms with van der Waals surface area (Å²) in [4.78, 5) is 16.6. The molecular weight excluding hydrogens is 266 g/mol. The minimum absolute atomic E-state index is 0.175.